The quantitative estimate of drug-likeness (QED) is 0.685. The lowest BCUT2D eigenvalue weighted by Gasteiger charge is -2.04. The van der Waals surface area contributed by atoms with Crippen LogP contribution >= 0.6 is 0 Å². The van der Waals surface area contributed by atoms with E-state index in [1.54, 1.807) is 0 Å². The number of hydrogen-bond donors (Lipinski definition) is 0. The van der Waals surface area contributed by atoms with Gasteiger partial charge in [0.2, 0.25) is 0 Å². The predicted molar refractivity (Wildman–Crippen MR) is 84.3 cm³/mol. The van der Waals surface area contributed by atoms with Gasteiger partial charge < -0.3 is 0 Å². The van der Waals surface area contributed by atoms with Gasteiger partial charge in [-0.3, -0.25) is 4.79 Å². The molecule has 0 amide bonds. The number of carbonyl (C=O) groups excluding carboxylic acids is 1. The van der Waals surface area contributed by atoms with Crippen LogP contribution in [0.5, 0.6) is 0 Å². The zero-order valence-corrected chi connectivity index (χ0v) is 12.4. The lowest BCUT2D eigenvalue weighted by Crippen LogP contribution is -2.01. The minimum atomic E-state index is 0.106. The Labute approximate surface area is 121 Å². The summed E-state index contributed by atoms with van der Waals surface area (Å²) in [7, 11) is 0. The molecule has 2 aromatic carbocycles. The smallest absolute Gasteiger partial charge is 0.193 e. The molecule has 0 heterocycles. The highest BCUT2D eigenvalue weighted by Crippen LogP contribution is 2.13. The number of rotatable bonds is 6. The van der Waals surface area contributed by atoms with Crippen molar-refractivity contribution in [3.63, 3.8) is 0 Å². The Hall–Kier alpha value is -1.89. The molecule has 104 valence electrons. The second-order valence-electron chi connectivity index (χ2n) is 5.18. The van der Waals surface area contributed by atoms with E-state index in [9.17, 15) is 4.79 Å². The van der Waals surface area contributed by atoms with E-state index in [0.29, 0.717) is 0 Å². The number of hydrogen-bond acceptors (Lipinski definition) is 1. The Kier molecular flexibility index (Phi) is 5.11. The van der Waals surface area contributed by atoms with Crippen molar-refractivity contribution in [3.8, 4) is 0 Å². The molecule has 0 saturated carbocycles. The topological polar surface area (TPSA) is 17.1 Å². The van der Waals surface area contributed by atoms with Gasteiger partial charge in [0.15, 0.2) is 5.78 Å². The summed E-state index contributed by atoms with van der Waals surface area (Å²) in [5.74, 6) is 0.106. The molecule has 0 unspecified atom stereocenters. The highest BCUT2D eigenvalue weighted by atomic mass is 16.1. The molecular weight excluding hydrogens is 244 g/mol. The van der Waals surface area contributed by atoms with Crippen molar-refractivity contribution in [2.75, 3.05) is 0 Å². The van der Waals surface area contributed by atoms with Gasteiger partial charge in [0.1, 0.15) is 0 Å². The van der Waals surface area contributed by atoms with Crippen molar-refractivity contribution >= 4 is 5.78 Å². The van der Waals surface area contributed by atoms with Gasteiger partial charge in [0, 0.05) is 11.1 Å². The van der Waals surface area contributed by atoms with Gasteiger partial charge in [-0.2, -0.15) is 0 Å². The first kappa shape index (κ1) is 14.5. The van der Waals surface area contributed by atoms with E-state index in [1.807, 2.05) is 36.4 Å². The van der Waals surface area contributed by atoms with E-state index < -0.39 is 0 Å². The predicted octanol–water partition coefficient (Wildman–Crippen LogP) is 4.82. The molecular formula is C19H22O. The molecule has 1 heteroatoms. The first-order valence-electron chi connectivity index (χ1n) is 7.47. The number of unbranched alkanes of at least 4 members (excludes halogenated alkanes) is 1. The van der Waals surface area contributed by atoms with Crippen LogP contribution in [0, 0.1) is 0 Å². The molecule has 2 aromatic rings. The van der Waals surface area contributed by atoms with Crippen LogP contribution in [0.3, 0.4) is 0 Å². The maximum Gasteiger partial charge on any atom is 0.193 e. The fourth-order valence-electron chi connectivity index (χ4n) is 2.26. The van der Waals surface area contributed by atoms with Gasteiger partial charge in [-0.1, -0.05) is 68.8 Å². The number of carbonyl (C=O) groups is 1. The Bertz CT molecular complexity index is 549. The maximum atomic E-state index is 12.4. The van der Waals surface area contributed by atoms with Gasteiger partial charge in [0.05, 0.1) is 0 Å². The molecule has 0 aliphatic carbocycles. The largest absolute Gasteiger partial charge is 0.289 e. The Morgan fingerprint density at radius 3 is 1.75 bits per heavy atom. The zero-order chi connectivity index (χ0) is 14.4. The van der Waals surface area contributed by atoms with E-state index in [1.165, 1.54) is 24.0 Å². The van der Waals surface area contributed by atoms with Crippen molar-refractivity contribution < 1.29 is 4.79 Å². The van der Waals surface area contributed by atoms with E-state index in [-0.39, 0.29) is 5.78 Å². The molecule has 0 fully saturated rings. The van der Waals surface area contributed by atoms with Crippen molar-refractivity contribution in [2.45, 2.75) is 39.5 Å². The summed E-state index contributed by atoms with van der Waals surface area (Å²) in [6, 6.07) is 15.9. The summed E-state index contributed by atoms with van der Waals surface area (Å²) in [6.07, 6.45) is 4.49. The van der Waals surface area contributed by atoms with E-state index in [0.717, 1.165) is 24.0 Å². The molecule has 0 spiro atoms. The number of aryl methyl sites for hydroxylation is 2. The molecule has 1 nitrogen and oxygen atoms in total. The average molecular weight is 266 g/mol. The molecule has 0 aliphatic rings. The van der Waals surface area contributed by atoms with Crippen molar-refractivity contribution in [2.24, 2.45) is 0 Å². The van der Waals surface area contributed by atoms with Crippen molar-refractivity contribution in [1.29, 1.82) is 0 Å². The third-order valence-electron chi connectivity index (χ3n) is 3.66. The van der Waals surface area contributed by atoms with Crippen LogP contribution in [0.25, 0.3) is 0 Å². The molecule has 2 rings (SSSR count). The van der Waals surface area contributed by atoms with Crippen LogP contribution in [0.4, 0.5) is 0 Å². The van der Waals surface area contributed by atoms with Crippen LogP contribution in [0.15, 0.2) is 48.5 Å². The minimum Gasteiger partial charge on any atom is -0.289 e. The summed E-state index contributed by atoms with van der Waals surface area (Å²) in [6.45, 7) is 4.31. The van der Waals surface area contributed by atoms with Crippen molar-refractivity contribution in [1.82, 2.24) is 0 Å². The molecule has 0 N–H and O–H groups in total. The van der Waals surface area contributed by atoms with E-state index >= 15 is 0 Å². The summed E-state index contributed by atoms with van der Waals surface area (Å²) < 4.78 is 0. The van der Waals surface area contributed by atoms with E-state index in [2.05, 4.69) is 26.0 Å². The van der Waals surface area contributed by atoms with Crippen LogP contribution in [0.2, 0.25) is 0 Å². The zero-order valence-electron chi connectivity index (χ0n) is 12.4. The van der Waals surface area contributed by atoms with Gasteiger partial charge in [-0.25, -0.2) is 0 Å². The maximum absolute atomic E-state index is 12.4. The number of ketones is 1. The van der Waals surface area contributed by atoms with Crippen LogP contribution in [-0.4, -0.2) is 5.78 Å². The first-order valence-corrected chi connectivity index (χ1v) is 7.47. The first-order chi connectivity index (χ1) is 9.74. The molecule has 0 atom stereocenters. The fraction of sp³-hybridized carbons (Fsp3) is 0.316. The SMILES string of the molecule is CCCCc1ccc(C(=O)c2ccc(CC)cc2)cc1. The number of benzene rings is 2. The Balaban J connectivity index is 2.11. The second kappa shape index (κ2) is 7.04. The molecule has 0 aromatic heterocycles. The fourth-order valence-corrected chi connectivity index (χ4v) is 2.26. The van der Waals surface area contributed by atoms with Crippen LogP contribution in [0.1, 0.15) is 53.7 Å². The van der Waals surface area contributed by atoms with Crippen molar-refractivity contribution in [3.05, 3.63) is 70.8 Å². The summed E-state index contributed by atoms with van der Waals surface area (Å²) in [4.78, 5) is 12.4. The highest BCUT2D eigenvalue weighted by molar-refractivity contribution is 6.08. The van der Waals surface area contributed by atoms with Gasteiger partial charge >= 0.3 is 0 Å². The minimum absolute atomic E-state index is 0.106. The third-order valence-corrected chi connectivity index (χ3v) is 3.66. The lowest BCUT2D eigenvalue weighted by atomic mass is 9.99. The summed E-state index contributed by atoms with van der Waals surface area (Å²) in [5.41, 5.74) is 4.11. The second-order valence-corrected chi connectivity index (χ2v) is 5.18. The molecule has 0 saturated heterocycles. The molecule has 0 radical (unpaired) electrons. The van der Waals surface area contributed by atoms with E-state index in [4.69, 9.17) is 0 Å². The molecule has 0 bridgehead atoms. The van der Waals surface area contributed by atoms with Crippen LogP contribution < -0.4 is 0 Å². The third kappa shape index (κ3) is 3.57. The standard InChI is InChI=1S/C19H22O/c1-3-5-6-16-9-13-18(14-10-16)19(20)17-11-7-15(4-2)8-12-17/h7-14H,3-6H2,1-2H3. The normalized spacial score (nSPS) is 10.5. The van der Waals surface area contributed by atoms with Gasteiger partial charge in [0.25, 0.3) is 0 Å². The van der Waals surface area contributed by atoms with Gasteiger partial charge in [-0.05, 0) is 30.4 Å². The molecule has 20 heavy (non-hydrogen) atoms. The average Bonchev–Trinajstić information content (AvgIpc) is 2.53. The Morgan fingerprint density at radius 2 is 1.30 bits per heavy atom. The molecule has 0 aliphatic heterocycles. The monoisotopic (exact) mass is 266 g/mol. The highest BCUT2D eigenvalue weighted by Gasteiger charge is 2.08. The van der Waals surface area contributed by atoms with Gasteiger partial charge in [-0.15, -0.1) is 0 Å². The Morgan fingerprint density at radius 1 is 0.800 bits per heavy atom. The lowest BCUT2D eigenvalue weighted by molar-refractivity contribution is 0.103. The van der Waals surface area contributed by atoms with Crippen LogP contribution in [-0.2, 0) is 12.8 Å². The summed E-state index contributed by atoms with van der Waals surface area (Å²) >= 11 is 0. The summed E-state index contributed by atoms with van der Waals surface area (Å²) in [5, 5.41) is 0.